The molecule has 2 heterocycles. The molecular formula is C13H20ClN3O. The van der Waals surface area contributed by atoms with Crippen LogP contribution in [0.5, 0.6) is 0 Å². The van der Waals surface area contributed by atoms with Crippen molar-refractivity contribution < 1.29 is 4.79 Å². The summed E-state index contributed by atoms with van der Waals surface area (Å²) in [5, 5.41) is 8.27. The van der Waals surface area contributed by atoms with Crippen molar-refractivity contribution in [1.82, 2.24) is 15.1 Å². The van der Waals surface area contributed by atoms with Crippen LogP contribution in [0.25, 0.3) is 0 Å². The van der Waals surface area contributed by atoms with Crippen molar-refractivity contribution in [3.05, 3.63) is 16.4 Å². The Morgan fingerprint density at radius 2 is 2.17 bits per heavy atom. The van der Waals surface area contributed by atoms with Crippen molar-refractivity contribution >= 4 is 17.4 Å². The van der Waals surface area contributed by atoms with E-state index in [-0.39, 0.29) is 5.92 Å². The predicted octanol–water partition coefficient (Wildman–Crippen LogP) is 1.98. The molecule has 0 amide bonds. The molecule has 5 heteroatoms. The van der Waals surface area contributed by atoms with Crippen molar-refractivity contribution in [2.45, 2.75) is 39.7 Å². The summed E-state index contributed by atoms with van der Waals surface area (Å²) in [7, 11) is 0. The van der Waals surface area contributed by atoms with E-state index in [1.807, 2.05) is 18.5 Å². The number of halogens is 1. The van der Waals surface area contributed by atoms with Crippen LogP contribution >= 0.6 is 11.6 Å². The quantitative estimate of drug-likeness (QED) is 0.909. The third-order valence-electron chi connectivity index (χ3n) is 3.59. The van der Waals surface area contributed by atoms with Gasteiger partial charge in [-0.3, -0.25) is 9.48 Å². The molecule has 1 aliphatic rings. The van der Waals surface area contributed by atoms with Gasteiger partial charge in [-0.2, -0.15) is 5.10 Å². The average Bonchev–Trinajstić information content (AvgIpc) is 2.67. The first-order valence-electron chi connectivity index (χ1n) is 6.58. The molecule has 0 bridgehead atoms. The number of Topliss-reactive ketones (excluding diaryl/α,β-unsaturated/α-hetero) is 1. The zero-order chi connectivity index (χ0) is 13.1. The number of nitrogens with one attached hydrogen (secondary N) is 1. The van der Waals surface area contributed by atoms with Gasteiger partial charge in [-0.15, -0.1) is 0 Å². The van der Waals surface area contributed by atoms with Crippen molar-refractivity contribution in [2.75, 3.05) is 13.1 Å². The maximum absolute atomic E-state index is 12.3. The molecule has 1 aromatic rings. The highest BCUT2D eigenvalue weighted by Crippen LogP contribution is 2.23. The summed E-state index contributed by atoms with van der Waals surface area (Å²) < 4.78 is 1.84. The Morgan fingerprint density at radius 3 is 2.78 bits per heavy atom. The number of aromatic nitrogens is 2. The van der Waals surface area contributed by atoms with E-state index in [2.05, 4.69) is 10.4 Å². The van der Waals surface area contributed by atoms with Gasteiger partial charge in [0.25, 0.3) is 0 Å². The number of nitrogens with zero attached hydrogens (tertiary/aromatic N) is 2. The molecule has 4 nitrogen and oxygen atoms in total. The molecule has 18 heavy (non-hydrogen) atoms. The fourth-order valence-corrected chi connectivity index (χ4v) is 2.69. The Hall–Kier alpha value is -0.870. The van der Waals surface area contributed by atoms with Gasteiger partial charge < -0.3 is 5.32 Å². The first-order chi connectivity index (χ1) is 8.63. The Bertz CT molecular complexity index is 436. The topological polar surface area (TPSA) is 46.9 Å². The summed E-state index contributed by atoms with van der Waals surface area (Å²) in [4.78, 5) is 12.3. The molecule has 0 spiro atoms. The highest BCUT2D eigenvalue weighted by atomic mass is 35.5. The molecule has 0 saturated carbocycles. The number of carbonyl (C=O) groups excluding carboxylic acids is 1. The molecule has 100 valence electrons. The minimum absolute atomic E-state index is 0.183. The van der Waals surface area contributed by atoms with Crippen LogP contribution in [0, 0.1) is 12.8 Å². The number of rotatable bonds is 4. The highest BCUT2D eigenvalue weighted by molar-refractivity contribution is 6.32. The zero-order valence-corrected chi connectivity index (χ0v) is 11.8. The lowest BCUT2D eigenvalue weighted by Gasteiger charge is -2.21. The second-order valence-electron chi connectivity index (χ2n) is 4.83. The number of carbonyl (C=O) groups is 1. The average molecular weight is 270 g/mol. The van der Waals surface area contributed by atoms with Gasteiger partial charge in [-0.1, -0.05) is 11.6 Å². The molecule has 1 saturated heterocycles. The fourth-order valence-electron chi connectivity index (χ4n) is 2.49. The third kappa shape index (κ3) is 2.75. The zero-order valence-electron chi connectivity index (χ0n) is 11.0. The minimum atomic E-state index is 0.183. The molecule has 0 atom stereocenters. The highest BCUT2D eigenvalue weighted by Gasteiger charge is 2.24. The Labute approximate surface area is 113 Å². The third-order valence-corrected chi connectivity index (χ3v) is 4.08. The Kier molecular flexibility index (Phi) is 4.40. The molecular weight excluding hydrogens is 250 g/mol. The van der Waals surface area contributed by atoms with Gasteiger partial charge in [0.15, 0.2) is 0 Å². The van der Waals surface area contributed by atoms with Crippen LogP contribution in [0.15, 0.2) is 0 Å². The van der Waals surface area contributed by atoms with Crippen LogP contribution in [0.3, 0.4) is 0 Å². The van der Waals surface area contributed by atoms with Crippen LogP contribution in [0.4, 0.5) is 0 Å². The van der Waals surface area contributed by atoms with Gasteiger partial charge in [0.1, 0.15) is 5.78 Å². The van der Waals surface area contributed by atoms with Crippen molar-refractivity contribution in [1.29, 1.82) is 0 Å². The maximum Gasteiger partial charge on any atom is 0.142 e. The Morgan fingerprint density at radius 1 is 1.50 bits per heavy atom. The summed E-state index contributed by atoms with van der Waals surface area (Å²) in [6.45, 7) is 6.53. The number of ketones is 1. The molecule has 0 radical (unpaired) electrons. The number of hydrogen-bond acceptors (Lipinski definition) is 3. The monoisotopic (exact) mass is 269 g/mol. The lowest BCUT2D eigenvalue weighted by molar-refractivity contribution is -0.123. The molecule has 1 aromatic heterocycles. The molecule has 1 aliphatic heterocycles. The smallest absolute Gasteiger partial charge is 0.142 e. The van der Waals surface area contributed by atoms with Gasteiger partial charge in [-0.05, 0) is 39.8 Å². The minimum Gasteiger partial charge on any atom is -0.317 e. The van der Waals surface area contributed by atoms with E-state index in [0.717, 1.165) is 43.9 Å². The van der Waals surface area contributed by atoms with E-state index in [4.69, 9.17) is 11.6 Å². The summed E-state index contributed by atoms with van der Waals surface area (Å²) in [5.74, 6) is 0.482. The van der Waals surface area contributed by atoms with Crippen molar-refractivity contribution in [2.24, 2.45) is 5.92 Å². The predicted molar refractivity (Wildman–Crippen MR) is 72.0 cm³/mol. The molecule has 1 N–H and O–H groups in total. The molecule has 0 unspecified atom stereocenters. The van der Waals surface area contributed by atoms with Crippen LogP contribution in [0.1, 0.15) is 31.2 Å². The van der Waals surface area contributed by atoms with E-state index in [0.29, 0.717) is 17.2 Å². The van der Waals surface area contributed by atoms with Gasteiger partial charge in [0, 0.05) is 12.5 Å². The Balaban J connectivity index is 2.10. The molecule has 2 rings (SSSR count). The van der Waals surface area contributed by atoms with E-state index in [1.165, 1.54) is 0 Å². The van der Waals surface area contributed by atoms with Gasteiger partial charge in [-0.25, -0.2) is 0 Å². The van der Waals surface area contributed by atoms with Crippen LogP contribution in [0.2, 0.25) is 5.02 Å². The van der Waals surface area contributed by atoms with Crippen molar-refractivity contribution in [3.8, 4) is 0 Å². The first kappa shape index (κ1) is 13.6. The molecule has 1 fully saturated rings. The van der Waals surface area contributed by atoms with Crippen molar-refractivity contribution in [3.63, 3.8) is 0 Å². The standard InChI is InChI=1S/C13H20ClN3O/c1-3-17-11(13(14)9(2)16-17)8-12(18)10-4-6-15-7-5-10/h10,15H,3-8H2,1-2H3. The van der Waals surface area contributed by atoms with Gasteiger partial charge in [0.2, 0.25) is 0 Å². The maximum atomic E-state index is 12.3. The number of piperidine rings is 1. The summed E-state index contributed by atoms with van der Waals surface area (Å²) >= 11 is 6.23. The summed E-state index contributed by atoms with van der Waals surface area (Å²) in [5.41, 5.74) is 1.69. The van der Waals surface area contributed by atoms with Crippen LogP contribution < -0.4 is 5.32 Å². The van der Waals surface area contributed by atoms with E-state index >= 15 is 0 Å². The second-order valence-corrected chi connectivity index (χ2v) is 5.21. The van der Waals surface area contributed by atoms with Crippen LogP contribution in [-0.2, 0) is 17.8 Å². The SMILES string of the molecule is CCn1nc(C)c(Cl)c1CC(=O)C1CCNCC1. The second kappa shape index (κ2) is 5.85. The van der Waals surface area contributed by atoms with E-state index in [9.17, 15) is 4.79 Å². The van der Waals surface area contributed by atoms with Gasteiger partial charge >= 0.3 is 0 Å². The van der Waals surface area contributed by atoms with E-state index in [1.54, 1.807) is 0 Å². The molecule has 0 aliphatic carbocycles. The number of hydrogen-bond donors (Lipinski definition) is 1. The normalized spacial score (nSPS) is 17.1. The number of aryl methyl sites for hydroxylation is 2. The van der Waals surface area contributed by atoms with E-state index < -0.39 is 0 Å². The lowest BCUT2D eigenvalue weighted by Crippen LogP contribution is -2.32. The van der Waals surface area contributed by atoms with Gasteiger partial charge in [0.05, 0.1) is 22.8 Å². The summed E-state index contributed by atoms with van der Waals surface area (Å²) in [6, 6.07) is 0. The molecule has 0 aromatic carbocycles. The fraction of sp³-hybridized carbons (Fsp3) is 0.692. The lowest BCUT2D eigenvalue weighted by atomic mass is 9.91. The summed E-state index contributed by atoms with van der Waals surface area (Å²) in [6.07, 6.45) is 2.30. The largest absolute Gasteiger partial charge is 0.317 e. The van der Waals surface area contributed by atoms with Crippen LogP contribution in [-0.4, -0.2) is 28.7 Å². The first-order valence-corrected chi connectivity index (χ1v) is 6.96.